The highest BCUT2D eigenvalue weighted by Gasteiger charge is 2.30. The summed E-state index contributed by atoms with van der Waals surface area (Å²) in [5, 5.41) is 0. The zero-order valence-electron chi connectivity index (χ0n) is 8.88. The van der Waals surface area contributed by atoms with Crippen LogP contribution in [0.3, 0.4) is 0 Å². The third-order valence-corrected chi connectivity index (χ3v) is 2.82. The Morgan fingerprint density at radius 1 is 1.19 bits per heavy atom. The molecule has 1 unspecified atom stereocenters. The van der Waals surface area contributed by atoms with Gasteiger partial charge in [0.05, 0.1) is 0 Å². The molecule has 1 aromatic carbocycles. The van der Waals surface area contributed by atoms with Gasteiger partial charge in [0.15, 0.2) is 0 Å². The average Bonchev–Trinajstić information content (AvgIpc) is 2.84. The number of esters is 1. The maximum Gasteiger partial charge on any atom is 0.357 e. The number of hydrogen-bond donors (Lipinski definition) is 0. The Hall–Kier alpha value is -2.03. The van der Waals surface area contributed by atoms with Gasteiger partial charge in [-0.15, -0.1) is 0 Å². The van der Waals surface area contributed by atoms with Crippen LogP contribution in [0.4, 0.5) is 0 Å². The smallest absolute Gasteiger partial charge is 0.357 e. The molecule has 0 N–H and O–H groups in total. The first-order valence-electron chi connectivity index (χ1n) is 5.20. The third kappa shape index (κ3) is 1.25. The number of aryl methyl sites for hydroxylation is 1. The van der Waals surface area contributed by atoms with Crippen LogP contribution in [0.15, 0.2) is 42.6 Å². The summed E-state index contributed by atoms with van der Waals surface area (Å²) in [4.78, 5) is 11.5. The number of ether oxygens (including phenoxy) is 1. The average molecular weight is 213 g/mol. The zero-order chi connectivity index (χ0) is 11.1. The molecule has 16 heavy (non-hydrogen) atoms. The minimum absolute atomic E-state index is 0.254. The fourth-order valence-corrected chi connectivity index (χ4v) is 1.95. The topological polar surface area (TPSA) is 31.2 Å². The van der Waals surface area contributed by atoms with Crippen molar-refractivity contribution in [1.82, 2.24) is 4.57 Å². The quantitative estimate of drug-likeness (QED) is 0.681. The Labute approximate surface area is 93.3 Å². The van der Waals surface area contributed by atoms with Gasteiger partial charge < -0.3 is 9.30 Å². The van der Waals surface area contributed by atoms with E-state index < -0.39 is 0 Å². The van der Waals surface area contributed by atoms with Gasteiger partial charge >= 0.3 is 5.97 Å². The minimum Gasteiger partial charge on any atom is -0.432 e. The van der Waals surface area contributed by atoms with Gasteiger partial charge in [-0.05, 0) is 19.1 Å². The summed E-state index contributed by atoms with van der Waals surface area (Å²) in [5.74, 6) is -0.254. The molecule has 0 saturated heterocycles. The van der Waals surface area contributed by atoms with Crippen molar-refractivity contribution in [3.05, 3.63) is 59.4 Å². The molecule has 0 bridgehead atoms. The van der Waals surface area contributed by atoms with Crippen LogP contribution >= 0.6 is 0 Å². The predicted molar refractivity (Wildman–Crippen MR) is 59.2 cm³/mol. The standard InChI is InChI=1S/C13H11NO2/c1-9-4-6-10(7-5-9)12-14-8-2-3-11(14)13(15)16-12/h2-8,12H,1H3. The monoisotopic (exact) mass is 213 g/mol. The zero-order valence-corrected chi connectivity index (χ0v) is 8.88. The normalized spacial score (nSPS) is 18.3. The maximum atomic E-state index is 11.5. The molecule has 0 saturated carbocycles. The van der Waals surface area contributed by atoms with E-state index in [1.165, 1.54) is 5.56 Å². The van der Waals surface area contributed by atoms with E-state index in [2.05, 4.69) is 0 Å². The van der Waals surface area contributed by atoms with Gasteiger partial charge in [-0.3, -0.25) is 0 Å². The van der Waals surface area contributed by atoms with Gasteiger partial charge in [-0.1, -0.05) is 29.8 Å². The van der Waals surface area contributed by atoms with Crippen LogP contribution in [0.1, 0.15) is 27.8 Å². The van der Waals surface area contributed by atoms with Gasteiger partial charge in [0, 0.05) is 11.8 Å². The molecular weight excluding hydrogens is 202 g/mol. The number of hydrogen-bond acceptors (Lipinski definition) is 2. The summed E-state index contributed by atoms with van der Waals surface area (Å²) >= 11 is 0. The van der Waals surface area contributed by atoms with Crippen molar-refractivity contribution in [2.75, 3.05) is 0 Å². The number of cyclic esters (lactones) is 1. The minimum atomic E-state index is -0.307. The highest BCUT2D eigenvalue weighted by molar-refractivity contribution is 5.89. The molecule has 80 valence electrons. The van der Waals surface area contributed by atoms with Crippen molar-refractivity contribution >= 4 is 5.97 Å². The van der Waals surface area contributed by atoms with Crippen LogP contribution < -0.4 is 0 Å². The molecule has 1 atom stereocenters. The molecule has 1 aliphatic heterocycles. The molecule has 3 heteroatoms. The summed E-state index contributed by atoms with van der Waals surface area (Å²) in [6.45, 7) is 2.03. The molecule has 0 amide bonds. The molecule has 0 fully saturated rings. The number of rotatable bonds is 1. The largest absolute Gasteiger partial charge is 0.432 e. The highest BCUT2D eigenvalue weighted by atomic mass is 16.6. The maximum absolute atomic E-state index is 11.5. The van der Waals surface area contributed by atoms with Crippen LogP contribution in [0.2, 0.25) is 0 Å². The Morgan fingerprint density at radius 2 is 1.94 bits per heavy atom. The number of benzene rings is 1. The lowest BCUT2D eigenvalue weighted by Crippen LogP contribution is -2.06. The Kier molecular flexibility index (Phi) is 1.86. The molecular formula is C13H11NO2. The van der Waals surface area contributed by atoms with E-state index in [0.717, 1.165) is 5.56 Å². The second kappa shape index (κ2) is 3.23. The Bertz CT molecular complexity index is 539. The van der Waals surface area contributed by atoms with E-state index in [4.69, 9.17) is 4.74 Å². The van der Waals surface area contributed by atoms with E-state index in [9.17, 15) is 4.79 Å². The molecule has 0 spiro atoms. The molecule has 1 aliphatic rings. The molecule has 2 aromatic rings. The number of fused-ring (bicyclic) bond motifs is 1. The van der Waals surface area contributed by atoms with Crippen molar-refractivity contribution in [1.29, 1.82) is 0 Å². The second-order valence-electron chi connectivity index (χ2n) is 3.97. The molecule has 3 rings (SSSR count). The molecule has 0 aliphatic carbocycles. The van der Waals surface area contributed by atoms with Crippen LogP contribution in [0.25, 0.3) is 0 Å². The third-order valence-electron chi connectivity index (χ3n) is 2.82. The molecule has 0 radical (unpaired) electrons. The second-order valence-corrected chi connectivity index (χ2v) is 3.97. The Morgan fingerprint density at radius 3 is 2.69 bits per heavy atom. The van der Waals surface area contributed by atoms with Gasteiger partial charge in [-0.2, -0.15) is 0 Å². The van der Waals surface area contributed by atoms with Crippen molar-refractivity contribution < 1.29 is 9.53 Å². The summed E-state index contributed by atoms with van der Waals surface area (Å²) < 4.78 is 7.18. The van der Waals surface area contributed by atoms with Crippen molar-refractivity contribution in [3.8, 4) is 0 Å². The number of carbonyl (C=O) groups excluding carboxylic acids is 1. The van der Waals surface area contributed by atoms with Gasteiger partial charge in [0.25, 0.3) is 0 Å². The van der Waals surface area contributed by atoms with Crippen LogP contribution in [0, 0.1) is 6.92 Å². The van der Waals surface area contributed by atoms with Crippen molar-refractivity contribution in [2.45, 2.75) is 13.2 Å². The predicted octanol–water partition coefficient (Wildman–Crippen LogP) is 2.51. The first-order valence-corrected chi connectivity index (χ1v) is 5.20. The Balaban J connectivity index is 2.05. The first kappa shape index (κ1) is 9.21. The number of carbonyl (C=O) groups is 1. The van der Waals surface area contributed by atoms with E-state index in [-0.39, 0.29) is 12.2 Å². The van der Waals surface area contributed by atoms with Crippen LogP contribution in [0.5, 0.6) is 0 Å². The number of aromatic nitrogens is 1. The lowest BCUT2D eigenvalue weighted by molar-refractivity contribution is 0.0381. The summed E-state index contributed by atoms with van der Waals surface area (Å²) in [6.07, 6.45) is 1.56. The summed E-state index contributed by atoms with van der Waals surface area (Å²) in [5.41, 5.74) is 2.81. The SMILES string of the molecule is Cc1ccc(C2OC(=O)c3cccn32)cc1. The molecule has 2 heterocycles. The fourth-order valence-electron chi connectivity index (χ4n) is 1.95. The summed E-state index contributed by atoms with van der Waals surface area (Å²) in [6, 6.07) is 11.6. The van der Waals surface area contributed by atoms with E-state index >= 15 is 0 Å². The van der Waals surface area contributed by atoms with Gasteiger partial charge in [0.1, 0.15) is 5.69 Å². The summed E-state index contributed by atoms with van der Waals surface area (Å²) in [7, 11) is 0. The van der Waals surface area contributed by atoms with Crippen LogP contribution in [-0.4, -0.2) is 10.5 Å². The van der Waals surface area contributed by atoms with Crippen LogP contribution in [-0.2, 0) is 4.74 Å². The lowest BCUT2D eigenvalue weighted by Gasteiger charge is -2.12. The molecule has 3 nitrogen and oxygen atoms in total. The van der Waals surface area contributed by atoms with Crippen molar-refractivity contribution in [3.63, 3.8) is 0 Å². The van der Waals surface area contributed by atoms with Crippen molar-refractivity contribution in [2.24, 2.45) is 0 Å². The van der Waals surface area contributed by atoms with E-state index in [1.54, 1.807) is 6.07 Å². The van der Waals surface area contributed by atoms with Gasteiger partial charge in [-0.25, -0.2) is 4.79 Å². The number of nitrogens with zero attached hydrogens (tertiary/aromatic N) is 1. The lowest BCUT2D eigenvalue weighted by atomic mass is 10.1. The van der Waals surface area contributed by atoms with Gasteiger partial charge in [0.2, 0.25) is 6.23 Å². The first-order chi connectivity index (χ1) is 7.75. The highest BCUT2D eigenvalue weighted by Crippen LogP contribution is 2.29. The fraction of sp³-hybridized carbons (Fsp3) is 0.154. The molecule has 1 aromatic heterocycles. The van der Waals surface area contributed by atoms with E-state index in [0.29, 0.717) is 5.69 Å². The van der Waals surface area contributed by atoms with E-state index in [1.807, 2.05) is 48.0 Å².